The molecular weight excluding hydrogens is 1680 g/mol. The van der Waals surface area contributed by atoms with Crippen LogP contribution in [0.1, 0.15) is 142 Å². The third-order valence-electron chi connectivity index (χ3n) is 20.4. The molecule has 704 valence electrons. The van der Waals surface area contributed by atoms with Crippen molar-refractivity contribution in [2.45, 2.75) is 168 Å². The number of aromatic nitrogens is 2. The zero-order valence-electron chi connectivity index (χ0n) is 75.3. The number of nitrogens with zero attached hydrogens (tertiary/aromatic N) is 14. The molecular formula is C87H124F4N18O19. The van der Waals surface area contributed by atoms with Gasteiger partial charge in [-0.1, -0.05) is 0 Å². The zero-order valence-corrected chi connectivity index (χ0v) is 75.3. The number of benzene rings is 2. The fourth-order valence-corrected chi connectivity index (χ4v) is 14.4. The van der Waals surface area contributed by atoms with Gasteiger partial charge in [-0.15, -0.1) is 0 Å². The van der Waals surface area contributed by atoms with Gasteiger partial charge < -0.3 is 79.3 Å². The number of nitriles is 2. The van der Waals surface area contributed by atoms with E-state index in [2.05, 4.69) is 31.2 Å². The second-order valence-corrected chi connectivity index (χ2v) is 35.7. The molecule has 0 radical (unpaired) electrons. The number of carboxylic acid groups (broad SMARTS) is 1. The summed E-state index contributed by atoms with van der Waals surface area (Å²) in [6.07, 6.45) is 2.91. The third kappa shape index (κ3) is 36.0. The lowest BCUT2D eigenvalue weighted by molar-refractivity contribution is -0.158. The highest BCUT2D eigenvalue weighted by atomic mass is 19.3. The molecule has 4 saturated heterocycles. The van der Waals surface area contributed by atoms with Crippen LogP contribution < -0.4 is 30.7 Å². The Morgan fingerprint density at radius 1 is 0.438 bits per heavy atom. The van der Waals surface area contributed by atoms with Gasteiger partial charge >= 0.3 is 35.9 Å². The van der Waals surface area contributed by atoms with Gasteiger partial charge in [-0.25, -0.2) is 27.2 Å². The standard InChI is InChI=1S/C86H122F4N18O17.CH2O2/c1-81(2,3)122-73(112)54-100-29-27-99(28-30-101(55-74(113)123-82(4,5)6)32-34-102(33-31-100)56-75(114)124-83(7,8)9)53-72(111)104-39-41-105(79(118)95-23-13-15-43-120-62-17-19-68-66(45-62)64(21-25-93-68)77(116)97-51-70(109)107-58-85(87,88)47-60(107)49-91)37-35-103(57-76(115)125-84(10,11)12)36-38-106(42-40-104)80(119)96-24-14-16-44-121-63-18-20-69-67(46-63)65(22-26-94-69)78(117)98-52-71(110)108-59-86(89,90)48-61(108)50-92;2-1-3/h17-22,25-26,45-46,60-61H,13-16,23-24,27-44,47-48,51-59H2,1-12H3,(H,95,118)(H,96,119)(H,97,116)(H,98,117);1H,(H,2,3)/t60-,61-;/m0./s1. The van der Waals surface area contributed by atoms with Gasteiger partial charge in [0.05, 0.1) is 106 Å². The van der Waals surface area contributed by atoms with Crippen LogP contribution in [0.25, 0.3) is 21.8 Å². The fourth-order valence-electron chi connectivity index (χ4n) is 14.4. The first kappa shape index (κ1) is 104. The van der Waals surface area contributed by atoms with Crippen LogP contribution in [0.5, 0.6) is 11.5 Å². The van der Waals surface area contributed by atoms with Gasteiger partial charge in [0.15, 0.2) is 0 Å². The van der Waals surface area contributed by atoms with Gasteiger partial charge in [0.25, 0.3) is 30.1 Å². The maximum Gasteiger partial charge on any atom is 0.320 e. The summed E-state index contributed by atoms with van der Waals surface area (Å²) < 4.78 is 91.9. The zero-order chi connectivity index (χ0) is 94.3. The third-order valence-corrected chi connectivity index (χ3v) is 20.4. The molecule has 9 amide bonds. The molecule has 37 nitrogen and oxygen atoms in total. The van der Waals surface area contributed by atoms with E-state index in [1.165, 1.54) is 24.5 Å². The maximum absolute atomic E-state index is 15.5. The van der Waals surface area contributed by atoms with Crippen molar-refractivity contribution in [2.75, 3.05) is 190 Å². The average Bonchev–Trinajstić information content (AvgIpc) is 0.958. The van der Waals surface area contributed by atoms with Crippen LogP contribution in [-0.4, -0.2) is 372 Å². The summed E-state index contributed by atoms with van der Waals surface area (Å²) in [5.74, 6) is -11.1. The topological polar surface area (TPSA) is 434 Å². The molecule has 0 unspecified atom stereocenters. The smallest absolute Gasteiger partial charge is 0.320 e. The van der Waals surface area contributed by atoms with Crippen LogP contribution >= 0.6 is 0 Å². The monoisotopic (exact) mass is 1800 g/mol. The first-order valence-electron chi connectivity index (χ1n) is 42.8. The van der Waals surface area contributed by atoms with Crippen LogP contribution in [0, 0.1) is 22.7 Å². The molecule has 2 atom stereocenters. The van der Waals surface area contributed by atoms with Crippen molar-refractivity contribution in [3.05, 3.63) is 72.1 Å². The van der Waals surface area contributed by atoms with E-state index in [1.54, 1.807) is 151 Å². The lowest BCUT2D eigenvalue weighted by Gasteiger charge is -2.36. The van der Waals surface area contributed by atoms with E-state index in [4.69, 9.17) is 38.3 Å². The first-order chi connectivity index (χ1) is 60.2. The van der Waals surface area contributed by atoms with Crippen LogP contribution in [0.4, 0.5) is 27.2 Å². The molecule has 4 aromatic rings. The quantitative estimate of drug-likeness (QED) is 0.0160. The van der Waals surface area contributed by atoms with E-state index in [1.807, 2.05) is 19.6 Å². The minimum atomic E-state index is -3.24. The Morgan fingerprint density at radius 2 is 0.734 bits per heavy atom. The molecule has 2 aromatic carbocycles. The number of urea groups is 2. The highest BCUT2D eigenvalue weighted by Gasteiger charge is 2.49. The first-order valence-corrected chi connectivity index (χ1v) is 42.8. The molecule has 4 aliphatic heterocycles. The van der Waals surface area contributed by atoms with E-state index in [-0.39, 0.29) is 174 Å². The Hall–Kier alpha value is -11.4. The lowest BCUT2D eigenvalue weighted by atomic mass is 10.1. The van der Waals surface area contributed by atoms with Crippen molar-refractivity contribution in [1.82, 2.24) is 80.2 Å². The van der Waals surface area contributed by atoms with Crippen molar-refractivity contribution in [3.8, 4) is 23.6 Å². The SMILES string of the molecule is CC(C)(C)OC(=O)CN1CCN(CC(=O)OC(C)(C)C)CCN(CC(=O)N2CCN(C(=O)NCCCCOc3ccc4nccc(C(=O)NCC(=O)N5CC(F)(F)C[C@H]5C#N)c4c3)CCN(CC(=O)OC(C)(C)C)CCN(C(=O)NCCCCOc3ccc4nccc(C(=O)NCC(=O)N5CC(F)(F)C[C@H]5C#N)c4c3)CC2)CCN(CC(=O)OC(C)(C)C)CC1.O=CO. The van der Waals surface area contributed by atoms with E-state index in [9.17, 15) is 76.0 Å². The molecule has 41 heteroatoms. The highest BCUT2D eigenvalue weighted by Crippen LogP contribution is 2.34. The van der Waals surface area contributed by atoms with Crippen molar-refractivity contribution in [3.63, 3.8) is 0 Å². The van der Waals surface area contributed by atoms with Gasteiger partial charge in [-0.2, -0.15) is 10.5 Å². The molecule has 4 fully saturated rings. The Bertz CT molecular complexity index is 4330. The number of ether oxygens (including phenoxy) is 6. The van der Waals surface area contributed by atoms with Crippen LogP contribution in [0.15, 0.2) is 60.9 Å². The number of carbonyl (C=O) groups is 12. The van der Waals surface area contributed by atoms with Crippen LogP contribution in [0.3, 0.4) is 0 Å². The van der Waals surface area contributed by atoms with Crippen molar-refractivity contribution >= 4 is 93.8 Å². The number of amides is 9. The van der Waals surface area contributed by atoms with Crippen LogP contribution in [-0.2, 0) is 57.3 Å². The molecule has 4 aliphatic rings. The Kier molecular flexibility index (Phi) is 39.0. The number of hydrogen-bond acceptors (Lipinski definition) is 27. The Morgan fingerprint density at radius 3 is 1.05 bits per heavy atom. The molecule has 0 spiro atoms. The number of unbranched alkanes of at least 4 members (excludes halogenated alkanes) is 2. The minimum absolute atomic E-state index is 0.0268. The number of pyridine rings is 2. The second kappa shape index (κ2) is 48.1. The van der Waals surface area contributed by atoms with Gasteiger partial charge in [0.1, 0.15) is 46.0 Å². The summed E-state index contributed by atoms with van der Waals surface area (Å²) >= 11 is 0. The summed E-state index contributed by atoms with van der Waals surface area (Å²) in [4.78, 5) is 185. The fraction of sp³-hybridized carbons (Fsp3) is 0.632. The van der Waals surface area contributed by atoms with Crippen molar-refractivity contribution in [1.29, 1.82) is 10.5 Å². The number of hydrogen-bond donors (Lipinski definition) is 5. The molecule has 6 heterocycles. The average molecular weight is 1800 g/mol. The molecule has 0 aliphatic carbocycles. The molecule has 2 aromatic heterocycles. The highest BCUT2D eigenvalue weighted by molar-refractivity contribution is 6.08. The van der Waals surface area contributed by atoms with Gasteiger partial charge in [-0.05, 0) is 157 Å². The van der Waals surface area contributed by atoms with Crippen molar-refractivity contribution < 1.29 is 109 Å². The van der Waals surface area contributed by atoms with E-state index in [0.29, 0.717) is 72.1 Å². The predicted octanol–water partition coefficient (Wildman–Crippen LogP) is 5.24. The molecule has 8 rings (SSSR count). The number of fused-ring (bicyclic) bond motifs is 2. The normalized spacial score (nSPS) is 18.1. The van der Waals surface area contributed by atoms with Gasteiger partial charge in [-0.3, -0.25) is 82.4 Å². The van der Waals surface area contributed by atoms with Crippen molar-refractivity contribution in [2.24, 2.45) is 0 Å². The summed E-state index contributed by atoms with van der Waals surface area (Å²) in [5, 5.41) is 37.4. The largest absolute Gasteiger partial charge is 0.494 e. The van der Waals surface area contributed by atoms with E-state index in [0.717, 1.165) is 9.80 Å². The summed E-state index contributed by atoms with van der Waals surface area (Å²) in [5.41, 5.74) is -2.15. The molecule has 128 heavy (non-hydrogen) atoms. The predicted molar refractivity (Wildman–Crippen MR) is 460 cm³/mol. The van der Waals surface area contributed by atoms with Gasteiger partial charge in [0, 0.05) is 154 Å². The number of halogens is 4. The van der Waals surface area contributed by atoms with E-state index >= 15 is 4.79 Å². The number of nitrogens with one attached hydrogen (secondary N) is 4. The summed E-state index contributed by atoms with van der Waals surface area (Å²) in [7, 11) is 0. The molecule has 0 bridgehead atoms. The number of rotatable bonds is 28. The number of alkyl halides is 4. The minimum Gasteiger partial charge on any atom is -0.494 e. The number of carbonyl (C=O) groups excluding carboxylic acids is 11. The summed E-state index contributed by atoms with van der Waals surface area (Å²) in [6.45, 7) is 19.9. The lowest BCUT2D eigenvalue weighted by Crippen LogP contribution is -2.54. The van der Waals surface area contributed by atoms with E-state index < -0.39 is 145 Å². The van der Waals surface area contributed by atoms with Gasteiger partial charge in [0.2, 0.25) is 17.7 Å². The number of likely N-dealkylation sites (tertiary alicyclic amines) is 2. The molecule has 0 saturated carbocycles. The maximum atomic E-state index is 15.5. The molecule has 5 N–H and O–H groups in total. The Balaban J connectivity index is 0.00000737. The van der Waals surface area contributed by atoms with Crippen LogP contribution in [0.2, 0.25) is 0 Å². The Labute approximate surface area is 743 Å². The summed E-state index contributed by atoms with van der Waals surface area (Å²) in [6, 6.07) is 12.5. The number of esters is 4. The second-order valence-electron chi connectivity index (χ2n) is 35.7.